The van der Waals surface area contributed by atoms with Crippen LogP contribution < -0.4 is 4.90 Å². The maximum atomic E-state index is 12.6. The molecule has 22 heavy (non-hydrogen) atoms. The molecule has 0 atom stereocenters. The first-order valence-corrected chi connectivity index (χ1v) is 8.38. The number of rotatable bonds is 6. The van der Waals surface area contributed by atoms with E-state index in [9.17, 15) is 4.79 Å². The summed E-state index contributed by atoms with van der Waals surface area (Å²) < 4.78 is 1.97. The van der Waals surface area contributed by atoms with E-state index in [2.05, 4.69) is 24.0 Å². The molecule has 0 radical (unpaired) electrons. The van der Waals surface area contributed by atoms with Gasteiger partial charge in [-0.3, -0.25) is 4.79 Å². The minimum absolute atomic E-state index is 0.0736. The van der Waals surface area contributed by atoms with Gasteiger partial charge < -0.3 is 9.47 Å². The number of benzene rings is 1. The lowest BCUT2D eigenvalue weighted by molar-refractivity contribution is -0.116. The van der Waals surface area contributed by atoms with Crippen LogP contribution in [-0.2, 0) is 4.79 Å². The van der Waals surface area contributed by atoms with Gasteiger partial charge in [-0.2, -0.15) is 0 Å². The first-order chi connectivity index (χ1) is 10.5. The molecule has 1 aromatic heterocycles. The predicted octanol–water partition coefficient (Wildman–Crippen LogP) is 3.39. The van der Waals surface area contributed by atoms with Gasteiger partial charge in [-0.05, 0) is 39.8 Å². The van der Waals surface area contributed by atoms with E-state index < -0.39 is 0 Å². The van der Waals surface area contributed by atoms with Gasteiger partial charge in [0.15, 0.2) is 5.16 Å². The quantitative estimate of drug-likeness (QED) is 0.766. The Morgan fingerprint density at radius 3 is 2.50 bits per heavy atom. The number of para-hydroxylation sites is 1. The molecule has 0 aliphatic carbocycles. The molecule has 1 amide bonds. The number of thioether (sulfide) groups is 1. The standard InChI is InChI=1S/C16H22N4OS/c1-12(2)19-11-17-18-16(19)22-10-15(21)20(13(3)4)14-8-6-5-7-9-14/h5-9,11-13H,10H2,1-4H3. The van der Waals surface area contributed by atoms with Gasteiger partial charge in [0.2, 0.25) is 5.91 Å². The number of nitrogens with zero attached hydrogens (tertiary/aromatic N) is 4. The number of anilines is 1. The highest BCUT2D eigenvalue weighted by Crippen LogP contribution is 2.22. The van der Waals surface area contributed by atoms with Crippen molar-refractivity contribution in [2.45, 2.75) is 44.9 Å². The van der Waals surface area contributed by atoms with E-state index in [0.717, 1.165) is 10.8 Å². The molecule has 5 nitrogen and oxygen atoms in total. The summed E-state index contributed by atoms with van der Waals surface area (Å²) in [6, 6.07) is 10.1. The minimum Gasteiger partial charge on any atom is -0.309 e. The molecule has 1 heterocycles. The van der Waals surface area contributed by atoms with Crippen LogP contribution in [-0.4, -0.2) is 32.5 Å². The number of carbonyl (C=O) groups excluding carboxylic acids is 1. The predicted molar refractivity (Wildman–Crippen MR) is 90.2 cm³/mol. The van der Waals surface area contributed by atoms with Crippen LogP contribution in [0.2, 0.25) is 0 Å². The minimum atomic E-state index is 0.0736. The molecule has 118 valence electrons. The maximum Gasteiger partial charge on any atom is 0.237 e. The van der Waals surface area contributed by atoms with Crippen molar-refractivity contribution in [1.29, 1.82) is 0 Å². The summed E-state index contributed by atoms with van der Waals surface area (Å²) >= 11 is 1.43. The van der Waals surface area contributed by atoms with Crippen LogP contribution >= 0.6 is 11.8 Å². The maximum absolute atomic E-state index is 12.6. The van der Waals surface area contributed by atoms with E-state index in [4.69, 9.17) is 0 Å². The van der Waals surface area contributed by atoms with Crippen LogP contribution in [0.3, 0.4) is 0 Å². The molecule has 0 aliphatic heterocycles. The lowest BCUT2D eigenvalue weighted by atomic mass is 10.2. The highest BCUT2D eigenvalue weighted by Gasteiger charge is 2.20. The fraction of sp³-hybridized carbons (Fsp3) is 0.438. The summed E-state index contributed by atoms with van der Waals surface area (Å²) in [5.74, 6) is 0.419. The van der Waals surface area contributed by atoms with Gasteiger partial charge in [-0.25, -0.2) is 0 Å². The van der Waals surface area contributed by atoms with Gasteiger partial charge in [0, 0.05) is 17.8 Å². The summed E-state index contributed by atoms with van der Waals surface area (Å²) in [5.41, 5.74) is 0.924. The van der Waals surface area contributed by atoms with Crippen molar-refractivity contribution in [3.63, 3.8) is 0 Å². The van der Waals surface area contributed by atoms with Crippen LogP contribution in [0.15, 0.2) is 41.8 Å². The highest BCUT2D eigenvalue weighted by atomic mass is 32.2. The molecule has 2 aromatic rings. The highest BCUT2D eigenvalue weighted by molar-refractivity contribution is 7.99. The van der Waals surface area contributed by atoms with Crippen LogP contribution in [0.1, 0.15) is 33.7 Å². The zero-order valence-electron chi connectivity index (χ0n) is 13.4. The summed E-state index contributed by atoms with van der Waals surface area (Å²) in [6.45, 7) is 8.18. The van der Waals surface area contributed by atoms with E-state index in [0.29, 0.717) is 5.75 Å². The Morgan fingerprint density at radius 2 is 1.91 bits per heavy atom. The van der Waals surface area contributed by atoms with Gasteiger partial charge in [0.25, 0.3) is 0 Å². The first-order valence-electron chi connectivity index (χ1n) is 7.40. The van der Waals surface area contributed by atoms with Crippen molar-refractivity contribution < 1.29 is 4.79 Å². The van der Waals surface area contributed by atoms with Crippen molar-refractivity contribution in [3.8, 4) is 0 Å². The second-order valence-corrected chi connectivity index (χ2v) is 6.54. The molecule has 0 aliphatic rings. The molecular weight excluding hydrogens is 296 g/mol. The van der Waals surface area contributed by atoms with E-state index in [1.807, 2.05) is 53.6 Å². The second kappa shape index (κ2) is 7.45. The summed E-state index contributed by atoms with van der Waals surface area (Å²) in [6.07, 6.45) is 1.70. The Balaban J connectivity index is 2.08. The summed E-state index contributed by atoms with van der Waals surface area (Å²) in [4.78, 5) is 14.4. The number of aromatic nitrogens is 3. The first kappa shape index (κ1) is 16.5. The van der Waals surface area contributed by atoms with E-state index in [-0.39, 0.29) is 18.0 Å². The number of carbonyl (C=O) groups is 1. The summed E-state index contributed by atoms with van der Waals surface area (Å²) in [7, 11) is 0. The molecule has 2 rings (SSSR count). The molecule has 0 saturated heterocycles. The Hall–Kier alpha value is -1.82. The summed E-state index contributed by atoms with van der Waals surface area (Å²) in [5, 5.41) is 8.80. The zero-order valence-corrected chi connectivity index (χ0v) is 14.2. The molecule has 0 unspecified atom stereocenters. The molecule has 0 spiro atoms. The van der Waals surface area contributed by atoms with E-state index >= 15 is 0 Å². The monoisotopic (exact) mass is 318 g/mol. The Labute approximate surface area is 135 Å². The van der Waals surface area contributed by atoms with Crippen LogP contribution in [0, 0.1) is 0 Å². The lowest BCUT2D eigenvalue weighted by Gasteiger charge is -2.26. The van der Waals surface area contributed by atoms with Crippen LogP contribution in [0.25, 0.3) is 0 Å². The second-order valence-electron chi connectivity index (χ2n) is 5.60. The third-order valence-corrected chi connectivity index (χ3v) is 4.18. The Kier molecular flexibility index (Phi) is 5.60. The molecule has 0 saturated carbocycles. The molecular formula is C16H22N4OS. The van der Waals surface area contributed by atoms with Crippen molar-refractivity contribution in [2.24, 2.45) is 0 Å². The van der Waals surface area contributed by atoms with E-state index in [1.165, 1.54) is 11.8 Å². The molecule has 6 heteroatoms. The van der Waals surface area contributed by atoms with Gasteiger partial charge in [-0.1, -0.05) is 30.0 Å². The van der Waals surface area contributed by atoms with Crippen molar-refractivity contribution in [1.82, 2.24) is 14.8 Å². The van der Waals surface area contributed by atoms with Crippen molar-refractivity contribution in [2.75, 3.05) is 10.7 Å². The number of amides is 1. The number of hydrogen-bond acceptors (Lipinski definition) is 4. The van der Waals surface area contributed by atoms with Gasteiger partial charge >= 0.3 is 0 Å². The lowest BCUT2D eigenvalue weighted by Crippen LogP contribution is -2.38. The normalized spacial score (nSPS) is 11.2. The molecule has 0 bridgehead atoms. The van der Waals surface area contributed by atoms with Crippen LogP contribution in [0.4, 0.5) is 5.69 Å². The average molecular weight is 318 g/mol. The third kappa shape index (κ3) is 3.88. The fourth-order valence-corrected chi connectivity index (χ4v) is 3.11. The Bertz CT molecular complexity index is 610. The third-order valence-electron chi connectivity index (χ3n) is 3.24. The Morgan fingerprint density at radius 1 is 1.23 bits per heavy atom. The topological polar surface area (TPSA) is 51.0 Å². The van der Waals surface area contributed by atoms with Crippen molar-refractivity contribution in [3.05, 3.63) is 36.7 Å². The van der Waals surface area contributed by atoms with Crippen molar-refractivity contribution >= 4 is 23.4 Å². The molecule has 1 aromatic carbocycles. The van der Waals surface area contributed by atoms with Gasteiger partial charge in [0.1, 0.15) is 6.33 Å². The van der Waals surface area contributed by atoms with E-state index in [1.54, 1.807) is 6.33 Å². The van der Waals surface area contributed by atoms with Crippen LogP contribution in [0.5, 0.6) is 0 Å². The fourth-order valence-electron chi connectivity index (χ4n) is 2.20. The SMILES string of the molecule is CC(C)N(C(=O)CSc1nncn1C(C)C)c1ccccc1. The number of hydrogen-bond donors (Lipinski definition) is 0. The smallest absolute Gasteiger partial charge is 0.237 e. The molecule has 0 fully saturated rings. The van der Waals surface area contributed by atoms with Gasteiger partial charge in [-0.15, -0.1) is 10.2 Å². The zero-order chi connectivity index (χ0) is 16.1. The van der Waals surface area contributed by atoms with Gasteiger partial charge in [0.05, 0.1) is 5.75 Å². The average Bonchev–Trinajstić information content (AvgIpc) is 2.94. The molecule has 0 N–H and O–H groups in total. The largest absolute Gasteiger partial charge is 0.309 e.